The zero-order valence-corrected chi connectivity index (χ0v) is 8.84. The molecule has 1 saturated carbocycles. The van der Waals surface area contributed by atoms with Crippen molar-refractivity contribution in [1.29, 1.82) is 0 Å². The molecule has 0 bridgehead atoms. The molecule has 0 amide bonds. The Hall–Kier alpha value is -0.0400. The van der Waals surface area contributed by atoms with E-state index in [-0.39, 0.29) is 0 Å². The highest BCUT2D eigenvalue weighted by Crippen LogP contribution is 2.34. The Balaban J connectivity index is 2.41. The van der Waals surface area contributed by atoms with E-state index in [1.807, 2.05) is 0 Å². The summed E-state index contributed by atoms with van der Waals surface area (Å²) in [5, 5.41) is 0. The molecule has 0 spiro atoms. The Kier molecular flexibility index (Phi) is 3.57. The normalized spacial score (nSPS) is 30.5. The fraction of sp³-hybridized carbons (Fsp3) is 1.00. The summed E-state index contributed by atoms with van der Waals surface area (Å²) in [6, 6.07) is 0. The third-order valence-corrected chi connectivity index (χ3v) is 2.81. The van der Waals surface area contributed by atoms with Crippen LogP contribution in [0.4, 0.5) is 0 Å². The van der Waals surface area contributed by atoms with Crippen LogP contribution >= 0.6 is 0 Å². The van der Waals surface area contributed by atoms with Gasteiger partial charge in [-0.3, -0.25) is 0 Å². The van der Waals surface area contributed by atoms with E-state index in [0.29, 0.717) is 12.2 Å². The van der Waals surface area contributed by atoms with Crippen LogP contribution in [0.3, 0.4) is 0 Å². The fourth-order valence-corrected chi connectivity index (χ4v) is 2.24. The third kappa shape index (κ3) is 2.48. The van der Waals surface area contributed by atoms with Gasteiger partial charge in [0, 0.05) is 0 Å². The first-order valence-electron chi connectivity index (χ1n) is 5.26. The smallest absolute Gasteiger partial charge is 0.0609 e. The summed E-state index contributed by atoms with van der Waals surface area (Å²) in [4.78, 5) is 0. The van der Waals surface area contributed by atoms with Crippen LogP contribution in [0.15, 0.2) is 0 Å². The van der Waals surface area contributed by atoms with Crippen molar-refractivity contribution in [3.63, 3.8) is 0 Å². The molecule has 0 radical (unpaired) electrons. The molecule has 1 nitrogen and oxygen atoms in total. The standard InChI is InChI=1S/C11H22O/c1-8(2)10-6-5-7-11(10)12-9(3)4/h8-11H,5-7H2,1-4H3/t10-,11+/m0/s1. The summed E-state index contributed by atoms with van der Waals surface area (Å²) < 4.78 is 5.89. The van der Waals surface area contributed by atoms with Gasteiger partial charge in [0.2, 0.25) is 0 Å². The van der Waals surface area contributed by atoms with Gasteiger partial charge in [-0.15, -0.1) is 0 Å². The highest BCUT2D eigenvalue weighted by molar-refractivity contribution is 4.80. The summed E-state index contributed by atoms with van der Waals surface area (Å²) in [6.45, 7) is 8.89. The minimum Gasteiger partial charge on any atom is -0.375 e. The zero-order valence-electron chi connectivity index (χ0n) is 8.84. The Labute approximate surface area is 76.5 Å². The molecular formula is C11H22O. The summed E-state index contributed by atoms with van der Waals surface area (Å²) in [5.41, 5.74) is 0. The first-order valence-corrected chi connectivity index (χ1v) is 5.26. The predicted molar refractivity (Wildman–Crippen MR) is 52.2 cm³/mol. The van der Waals surface area contributed by atoms with Crippen molar-refractivity contribution < 1.29 is 4.74 Å². The van der Waals surface area contributed by atoms with Gasteiger partial charge in [-0.25, -0.2) is 0 Å². The van der Waals surface area contributed by atoms with Crippen molar-refractivity contribution in [2.24, 2.45) is 11.8 Å². The molecule has 0 saturated heterocycles. The minimum absolute atomic E-state index is 0.398. The number of rotatable bonds is 3. The van der Waals surface area contributed by atoms with Crippen molar-refractivity contribution in [1.82, 2.24) is 0 Å². The Morgan fingerprint density at radius 3 is 2.25 bits per heavy atom. The maximum atomic E-state index is 5.89. The average molecular weight is 170 g/mol. The molecule has 0 aromatic carbocycles. The highest BCUT2D eigenvalue weighted by Gasteiger charge is 2.30. The number of ether oxygens (including phenoxy) is 1. The second-order valence-electron chi connectivity index (χ2n) is 4.56. The fourth-order valence-electron chi connectivity index (χ4n) is 2.24. The molecule has 1 rings (SSSR count). The van der Waals surface area contributed by atoms with E-state index >= 15 is 0 Å². The first-order chi connectivity index (χ1) is 5.61. The van der Waals surface area contributed by atoms with E-state index in [1.54, 1.807) is 0 Å². The van der Waals surface area contributed by atoms with Gasteiger partial charge >= 0.3 is 0 Å². The quantitative estimate of drug-likeness (QED) is 0.632. The van der Waals surface area contributed by atoms with Crippen LogP contribution in [0.5, 0.6) is 0 Å². The number of hydrogen-bond acceptors (Lipinski definition) is 1. The van der Waals surface area contributed by atoms with Crippen molar-refractivity contribution in [2.45, 2.75) is 59.2 Å². The molecule has 0 aromatic heterocycles. The highest BCUT2D eigenvalue weighted by atomic mass is 16.5. The molecule has 2 atom stereocenters. The van der Waals surface area contributed by atoms with Crippen LogP contribution in [0.25, 0.3) is 0 Å². The molecule has 1 aliphatic carbocycles. The van der Waals surface area contributed by atoms with Gasteiger partial charge in [-0.05, 0) is 38.5 Å². The molecule has 1 aliphatic rings. The maximum Gasteiger partial charge on any atom is 0.0609 e. The van der Waals surface area contributed by atoms with Crippen molar-refractivity contribution in [2.75, 3.05) is 0 Å². The molecular weight excluding hydrogens is 148 g/mol. The van der Waals surface area contributed by atoms with E-state index in [2.05, 4.69) is 27.7 Å². The van der Waals surface area contributed by atoms with Gasteiger partial charge in [0.05, 0.1) is 12.2 Å². The van der Waals surface area contributed by atoms with Crippen molar-refractivity contribution >= 4 is 0 Å². The van der Waals surface area contributed by atoms with E-state index in [0.717, 1.165) is 11.8 Å². The van der Waals surface area contributed by atoms with Crippen LogP contribution in [0, 0.1) is 11.8 Å². The van der Waals surface area contributed by atoms with E-state index in [1.165, 1.54) is 19.3 Å². The van der Waals surface area contributed by atoms with Crippen LogP contribution < -0.4 is 0 Å². The van der Waals surface area contributed by atoms with Gasteiger partial charge < -0.3 is 4.74 Å². The lowest BCUT2D eigenvalue weighted by Crippen LogP contribution is -2.25. The van der Waals surface area contributed by atoms with Gasteiger partial charge in [0.15, 0.2) is 0 Å². The Bertz CT molecular complexity index is 129. The molecule has 0 heterocycles. The van der Waals surface area contributed by atoms with Crippen molar-refractivity contribution in [3.8, 4) is 0 Å². The van der Waals surface area contributed by atoms with Crippen LogP contribution in [-0.2, 0) is 4.74 Å². The molecule has 0 aliphatic heterocycles. The van der Waals surface area contributed by atoms with E-state index in [9.17, 15) is 0 Å². The van der Waals surface area contributed by atoms with Gasteiger partial charge in [-0.1, -0.05) is 20.3 Å². The van der Waals surface area contributed by atoms with Crippen LogP contribution in [0.2, 0.25) is 0 Å². The van der Waals surface area contributed by atoms with Gasteiger partial charge in [0.1, 0.15) is 0 Å². The first kappa shape index (κ1) is 10.0. The zero-order chi connectivity index (χ0) is 9.14. The largest absolute Gasteiger partial charge is 0.375 e. The molecule has 72 valence electrons. The third-order valence-electron chi connectivity index (χ3n) is 2.81. The molecule has 1 heteroatoms. The lowest BCUT2D eigenvalue weighted by atomic mass is 9.92. The Morgan fingerprint density at radius 1 is 1.08 bits per heavy atom. The Morgan fingerprint density at radius 2 is 1.75 bits per heavy atom. The van der Waals surface area contributed by atoms with E-state index < -0.39 is 0 Å². The van der Waals surface area contributed by atoms with Crippen LogP contribution in [-0.4, -0.2) is 12.2 Å². The second-order valence-corrected chi connectivity index (χ2v) is 4.56. The minimum atomic E-state index is 0.398. The monoisotopic (exact) mass is 170 g/mol. The lowest BCUT2D eigenvalue weighted by Gasteiger charge is -2.25. The lowest BCUT2D eigenvalue weighted by molar-refractivity contribution is -0.0233. The summed E-state index contributed by atoms with van der Waals surface area (Å²) in [5.74, 6) is 1.60. The maximum absolute atomic E-state index is 5.89. The van der Waals surface area contributed by atoms with Gasteiger partial charge in [-0.2, -0.15) is 0 Å². The predicted octanol–water partition coefficient (Wildman–Crippen LogP) is 3.24. The van der Waals surface area contributed by atoms with Crippen molar-refractivity contribution in [3.05, 3.63) is 0 Å². The van der Waals surface area contributed by atoms with Gasteiger partial charge in [0.25, 0.3) is 0 Å². The summed E-state index contributed by atoms with van der Waals surface area (Å²) >= 11 is 0. The summed E-state index contributed by atoms with van der Waals surface area (Å²) in [6.07, 6.45) is 4.95. The SMILES string of the molecule is CC(C)O[C@@H]1CCC[C@H]1C(C)C. The molecule has 12 heavy (non-hydrogen) atoms. The number of hydrogen-bond donors (Lipinski definition) is 0. The molecule has 0 aromatic rings. The molecule has 1 fully saturated rings. The average Bonchev–Trinajstić information content (AvgIpc) is 2.33. The second kappa shape index (κ2) is 4.27. The molecule has 0 unspecified atom stereocenters. The topological polar surface area (TPSA) is 9.23 Å². The molecule has 0 N–H and O–H groups in total. The van der Waals surface area contributed by atoms with Crippen LogP contribution in [0.1, 0.15) is 47.0 Å². The van der Waals surface area contributed by atoms with E-state index in [4.69, 9.17) is 4.74 Å². The summed E-state index contributed by atoms with van der Waals surface area (Å²) in [7, 11) is 0.